The number of aromatic nitrogens is 1. The Hall–Kier alpha value is -2.65. The van der Waals surface area contributed by atoms with Gasteiger partial charge in [0.1, 0.15) is 6.61 Å². The molecule has 1 aliphatic heterocycles. The van der Waals surface area contributed by atoms with Crippen LogP contribution in [0.3, 0.4) is 0 Å². The van der Waals surface area contributed by atoms with Gasteiger partial charge in [0.2, 0.25) is 5.88 Å². The van der Waals surface area contributed by atoms with Crippen LogP contribution in [-0.2, 0) is 17.6 Å². The van der Waals surface area contributed by atoms with Crippen LogP contribution in [0.5, 0.6) is 5.88 Å². The van der Waals surface area contributed by atoms with E-state index < -0.39 is 17.6 Å². The first-order chi connectivity index (χ1) is 14.3. The number of hydrogen-bond donors (Lipinski definition) is 1. The summed E-state index contributed by atoms with van der Waals surface area (Å²) in [5.41, 5.74) is -0.240. The predicted octanol–water partition coefficient (Wildman–Crippen LogP) is 3.78. The summed E-state index contributed by atoms with van der Waals surface area (Å²) in [6.45, 7) is 1.51. The molecule has 1 aromatic heterocycles. The summed E-state index contributed by atoms with van der Waals surface area (Å²) in [6, 6.07) is 8.73. The Kier molecular flexibility index (Phi) is 6.94. The van der Waals surface area contributed by atoms with E-state index in [4.69, 9.17) is 9.57 Å². The van der Waals surface area contributed by atoms with Crippen molar-refractivity contribution in [1.82, 2.24) is 15.4 Å². The van der Waals surface area contributed by atoms with E-state index in [0.717, 1.165) is 42.8 Å². The second-order valence-corrected chi connectivity index (χ2v) is 7.07. The standard InChI is InChI=1S/C21H24F3N3O3/c1-27(29-2)20(28)15-6-7-16(17(12-15)21(22,23)24)13-30-19-5-3-4-18(26-19)14-8-10-25-11-9-14/h3-7,12,14,25H,8-11,13H2,1-2H3. The number of hydrogen-bond acceptors (Lipinski definition) is 5. The molecule has 1 fully saturated rings. The van der Waals surface area contributed by atoms with Crippen molar-refractivity contribution >= 4 is 5.91 Å². The molecular formula is C21H24F3N3O3. The molecule has 2 heterocycles. The van der Waals surface area contributed by atoms with Crippen molar-refractivity contribution in [1.29, 1.82) is 0 Å². The Morgan fingerprint density at radius 2 is 1.97 bits per heavy atom. The summed E-state index contributed by atoms with van der Waals surface area (Å²) in [5, 5.41) is 4.15. The van der Waals surface area contributed by atoms with E-state index in [1.807, 2.05) is 6.07 Å². The van der Waals surface area contributed by atoms with Crippen molar-refractivity contribution < 1.29 is 27.5 Å². The Balaban J connectivity index is 1.78. The number of alkyl halides is 3. The molecule has 162 valence electrons. The Labute approximate surface area is 173 Å². The molecule has 6 nitrogen and oxygen atoms in total. The van der Waals surface area contributed by atoms with E-state index in [0.29, 0.717) is 5.92 Å². The molecule has 30 heavy (non-hydrogen) atoms. The lowest BCUT2D eigenvalue weighted by Gasteiger charge is -2.22. The van der Waals surface area contributed by atoms with Crippen molar-refractivity contribution in [3.63, 3.8) is 0 Å². The molecule has 0 atom stereocenters. The highest BCUT2D eigenvalue weighted by Gasteiger charge is 2.34. The number of ether oxygens (including phenoxy) is 1. The average molecular weight is 423 g/mol. The number of carbonyl (C=O) groups is 1. The maximum Gasteiger partial charge on any atom is 0.416 e. The summed E-state index contributed by atoms with van der Waals surface area (Å²) in [7, 11) is 2.59. The molecule has 0 unspecified atom stereocenters. The first-order valence-corrected chi connectivity index (χ1v) is 9.62. The smallest absolute Gasteiger partial charge is 0.416 e. The molecule has 0 saturated carbocycles. The van der Waals surface area contributed by atoms with E-state index in [-0.39, 0.29) is 23.6 Å². The van der Waals surface area contributed by atoms with Gasteiger partial charge in [-0.25, -0.2) is 10.0 Å². The minimum Gasteiger partial charge on any atom is -0.473 e. The lowest BCUT2D eigenvalue weighted by atomic mass is 9.94. The second kappa shape index (κ2) is 9.44. The van der Waals surface area contributed by atoms with Crippen LogP contribution in [0.1, 0.15) is 45.9 Å². The van der Waals surface area contributed by atoms with Crippen LogP contribution in [0, 0.1) is 0 Å². The van der Waals surface area contributed by atoms with Crippen molar-refractivity contribution in [3.8, 4) is 5.88 Å². The molecule has 0 radical (unpaired) electrons. The van der Waals surface area contributed by atoms with Gasteiger partial charge < -0.3 is 10.1 Å². The number of carbonyl (C=O) groups excluding carboxylic acids is 1. The van der Waals surface area contributed by atoms with Crippen molar-refractivity contribution in [3.05, 3.63) is 58.8 Å². The molecule has 9 heteroatoms. The van der Waals surface area contributed by atoms with Crippen molar-refractivity contribution in [2.24, 2.45) is 0 Å². The molecule has 3 rings (SSSR count). The first kappa shape index (κ1) is 22.0. The number of benzene rings is 1. The normalized spacial score (nSPS) is 15.1. The SMILES string of the molecule is CON(C)C(=O)c1ccc(COc2cccc(C3CCNCC3)n2)c(C(F)(F)F)c1. The van der Waals surface area contributed by atoms with E-state index >= 15 is 0 Å². The van der Waals surface area contributed by atoms with Crippen molar-refractivity contribution in [2.45, 2.75) is 31.5 Å². The molecule has 1 aliphatic rings. The summed E-state index contributed by atoms with van der Waals surface area (Å²) in [4.78, 5) is 21.4. The van der Waals surface area contributed by atoms with Gasteiger partial charge in [0.05, 0.1) is 12.7 Å². The van der Waals surface area contributed by atoms with Crippen LogP contribution < -0.4 is 10.1 Å². The Morgan fingerprint density at radius 1 is 1.23 bits per heavy atom. The van der Waals surface area contributed by atoms with Crippen molar-refractivity contribution in [2.75, 3.05) is 27.2 Å². The van der Waals surface area contributed by atoms with E-state index in [1.54, 1.807) is 12.1 Å². The van der Waals surface area contributed by atoms with Gasteiger partial charge in [0.15, 0.2) is 0 Å². The van der Waals surface area contributed by atoms with Crippen LogP contribution in [0.15, 0.2) is 36.4 Å². The van der Waals surface area contributed by atoms with Crippen LogP contribution in [0.25, 0.3) is 0 Å². The first-order valence-electron chi connectivity index (χ1n) is 9.62. The van der Waals surface area contributed by atoms with Gasteiger partial charge in [0.25, 0.3) is 5.91 Å². The molecule has 1 saturated heterocycles. The number of amides is 1. The van der Waals surface area contributed by atoms with Gasteiger partial charge in [-0.2, -0.15) is 13.2 Å². The lowest BCUT2D eigenvalue weighted by Crippen LogP contribution is -2.27. The van der Waals surface area contributed by atoms with Crippen LogP contribution in [0.4, 0.5) is 13.2 Å². The third-order valence-electron chi connectivity index (χ3n) is 5.10. The fraction of sp³-hybridized carbons (Fsp3) is 0.429. The van der Waals surface area contributed by atoms with Gasteiger partial charge in [-0.15, -0.1) is 0 Å². The summed E-state index contributed by atoms with van der Waals surface area (Å²) < 4.78 is 46.3. The average Bonchev–Trinajstić information content (AvgIpc) is 2.76. The second-order valence-electron chi connectivity index (χ2n) is 7.07. The van der Waals surface area contributed by atoms with E-state index in [9.17, 15) is 18.0 Å². The van der Waals surface area contributed by atoms with Gasteiger partial charge in [-0.1, -0.05) is 12.1 Å². The quantitative estimate of drug-likeness (QED) is 0.717. The molecular weight excluding hydrogens is 399 g/mol. The largest absolute Gasteiger partial charge is 0.473 e. The third-order valence-corrected chi connectivity index (χ3v) is 5.10. The molecule has 1 aromatic carbocycles. The molecule has 0 aliphatic carbocycles. The number of halogens is 3. The number of pyridine rings is 1. The fourth-order valence-corrected chi connectivity index (χ4v) is 3.37. The number of nitrogens with zero attached hydrogens (tertiary/aromatic N) is 2. The topological polar surface area (TPSA) is 63.7 Å². The molecule has 0 spiro atoms. The molecule has 1 N–H and O–H groups in total. The van der Waals surface area contributed by atoms with Gasteiger partial charge >= 0.3 is 6.18 Å². The van der Waals surface area contributed by atoms with Gasteiger partial charge in [-0.3, -0.25) is 9.63 Å². The molecule has 0 bridgehead atoms. The minimum absolute atomic E-state index is 0.0758. The minimum atomic E-state index is -4.63. The zero-order valence-electron chi connectivity index (χ0n) is 16.8. The Bertz CT molecular complexity index is 883. The lowest BCUT2D eigenvalue weighted by molar-refractivity contribution is -0.138. The van der Waals surface area contributed by atoms with Gasteiger partial charge in [-0.05, 0) is 44.1 Å². The number of hydroxylamine groups is 2. The maximum atomic E-state index is 13.6. The highest BCUT2D eigenvalue weighted by atomic mass is 19.4. The van der Waals surface area contributed by atoms with Crippen LogP contribution >= 0.6 is 0 Å². The summed E-state index contributed by atoms with van der Waals surface area (Å²) in [6.07, 6.45) is -2.72. The zero-order chi connectivity index (χ0) is 21.7. The zero-order valence-corrected chi connectivity index (χ0v) is 16.8. The van der Waals surface area contributed by atoms with Crippen LogP contribution in [-0.4, -0.2) is 43.2 Å². The third kappa shape index (κ3) is 5.28. The highest BCUT2D eigenvalue weighted by Crippen LogP contribution is 2.33. The summed E-state index contributed by atoms with van der Waals surface area (Å²) >= 11 is 0. The molecule has 2 aromatic rings. The number of rotatable bonds is 6. The van der Waals surface area contributed by atoms with E-state index in [1.165, 1.54) is 26.3 Å². The monoisotopic (exact) mass is 423 g/mol. The predicted molar refractivity (Wildman–Crippen MR) is 104 cm³/mol. The van der Waals surface area contributed by atoms with Crippen LogP contribution in [0.2, 0.25) is 0 Å². The Morgan fingerprint density at radius 3 is 2.63 bits per heavy atom. The number of piperidine rings is 1. The van der Waals surface area contributed by atoms with Gasteiger partial charge in [0, 0.05) is 35.9 Å². The fourth-order valence-electron chi connectivity index (χ4n) is 3.37. The summed E-state index contributed by atoms with van der Waals surface area (Å²) in [5.74, 6) is -0.0890. The molecule has 1 amide bonds. The highest BCUT2D eigenvalue weighted by molar-refractivity contribution is 5.93. The maximum absolute atomic E-state index is 13.6. The number of nitrogens with one attached hydrogen (secondary N) is 1. The van der Waals surface area contributed by atoms with E-state index in [2.05, 4.69) is 10.3 Å².